The van der Waals surface area contributed by atoms with Crippen molar-refractivity contribution in [1.29, 1.82) is 0 Å². The molecule has 2 rings (SSSR count). The molecule has 0 aliphatic carbocycles. The molecule has 0 spiro atoms. The second-order valence-corrected chi connectivity index (χ2v) is 5.89. The largest absolute Gasteiger partial charge is 0.494 e. The first-order valence-corrected chi connectivity index (χ1v) is 8.49. The van der Waals surface area contributed by atoms with Crippen LogP contribution in [0.3, 0.4) is 0 Å². The Morgan fingerprint density at radius 2 is 1.50 bits per heavy atom. The molecule has 0 saturated heterocycles. The van der Waals surface area contributed by atoms with Crippen LogP contribution in [0.15, 0.2) is 36.4 Å². The van der Waals surface area contributed by atoms with Crippen molar-refractivity contribution in [1.82, 2.24) is 0 Å². The lowest BCUT2D eigenvalue weighted by atomic mass is 10.0. The molecule has 130 valence electrons. The average molecular weight is 336 g/mol. The molecule has 2 aromatic rings. The van der Waals surface area contributed by atoms with E-state index < -0.39 is 17.5 Å². The lowest BCUT2D eigenvalue weighted by Crippen LogP contribution is -1.97. The molecule has 0 radical (unpaired) electrons. The Morgan fingerprint density at radius 3 is 2.21 bits per heavy atom. The molecule has 0 heterocycles. The van der Waals surface area contributed by atoms with Crippen molar-refractivity contribution >= 4 is 0 Å². The molecular weight excluding hydrogens is 313 g/mol. The first-order chi connectivity index (χ1) is 11.6. The lowest BCUT2D eigenvalue weighted by Gasteiger charge is -2.08. The molecule has 0 fully saturated rings. The summed E-state index contributed by atoms with van der Waals surface area (Å²) in [5, 5.41) is 0. The molecule has 0 bridgehead atoms. The molecule has 1 nitrogen and oxygen atoms in total. The van der Waals surface area contributed by atoms with Crippen molar-refractivity contribution in [2.75, 3.05) is 6.61 Å². The summed E-state index contributed by atoms with van der Waals surface area (Å²) < 4.78 is 46.0. The Balaban J connectivity index is 1.87. The Morgan fingerprint density at radius 1 is 0.833 bits per heavy atom. The predicted octanol–water partition coefficient (Wildman–Crippen LogP) is 6.51. The summed E-state index contributed by atoms with van der Waals surface area (Å²) in [5.74, 6) is -2.36. The van der Waals surface area contributed by atoms with Gasteiger partial charge in [-0.3, -0.25) is 0 Å². The van der Waals surface area contributed by atoms with Gasteiger partial charge in [-0.1, -0.05) is 51.2 Å². The van der Waals surface area contributed by atoms with Crippen LogP contribution in [-0.2, 0) is 0 Å². The van der Waals surface area contributed by atoms with E-state index in [0.717, 1.165) is 18.9 Å². The summed E-state index contributed by atoms with van der Waals surface area (Å²) in [5.41, 5.74) is 0.327. The van der Waals surface area contributed by atoms with Crippen LogP contribution in [0.25, 0.3) is 11.1 Å². The number of benzene rings is 2. The molecule has 0 aliphatic heterocycles. The summed E-state index contributed by atoms with van der Waals surface area (Å²) in [6.45, 7) is 2.82. The maximum absolute atomic E-state index is 13.8. The fraction of sp³-hybridized carbons (Fsp3) is 0.400. The molecule has 0 aromatic heterocycles. The third-order valence-electron chi connectivity index (χ3n) is 3.92. The minimum Gasteiger partial charge on any atom is -0.494 e. The molecule has 0 N–H and O–H groups in total. The monoisotopic (exact) mass is 336 g/mol. The number of hydrogen-bond donors (Lipinski definition) is 0. The highest BCUT2D eigenvalue weighted by molar-refractivity contribution is 5.65. The molecule has 0 amide bonds. The molecule has 0 aliphatic rings. The zero-order valence-corrected chi connectivity index (χ0v) is 14.0. The summed E-state index contributed by atoms with van der Waals surface area (Å²) >= 11 is 0. The van der Waals surface area contributed by atoms with Gasteiger partial charge in [0.25, 0.3) is 0 Å². The molecular formula is C20H23F3O. The quantitative estimate of drug-likeness (QED) is 0.374. The fourth-order valence-corrected chi connectivity index (χ4v) is 2.57. The highest BCUT2D eigenvalue weighted by atomic mass is 19.2. The van der Waals surface area contributed by atoms with E-state index in [4.69, 9.17) is 4.74 Å². The van der Waals surface area contributed by atoms with Crippen LogP contribution >= 0.6 is 0 Å². The Labute approximate surface area is 141 Å². The van der Waals surface area contributed by atoms with Crippen LogP contribution in [0, 0.1) is 17.5 Å². The SMILES string of the molecule is CCCCCCCCOc1ccc(-c2cc(F)cc(F)c2F)cc1. The summed E-state index contributed by atoms with van der Waals surface area (Å²) in [7, 11) is 0. The van der Waals surface area contributed by atoms with Crippen molar-refractivity contribution in [3.05, 3.63) is 53.8 Å². The average Bonchev–Trinajstić information content (AvgIpc) is 2.58. The van der Waals surface area contributed by atoms with Crippen molar-refractivity contribution in [3.63, 3.8) is 0 Å². The molecule has 0 saturated carbocycles. The summed E-state index contributed by atoms with van der Waals surface area (Å²) in [6.07, 6.45) is 7.14. The summed E-state index contributed by atoms with van der Waals surface area (Å²) in [4.78, 5) is 0. The maximum Gasteiger partial charge on any atom is 0.166 e. The van der Waals surface area contributed by atoms with Crippen molar-refractivity contribution in [2.24, 2.45) is 0 Å². The van der Waals surface area contributed by atoms with Crippen molar-refractivity contribution < 1.29 is 17.9 Å². The number of ether oxygens (including phenoxy) is 1. The van der Waals surface area contributed by atoms with E-state index in [9.17, 15) is 13.2 Å². The van der Waals surface area contributed by atoms with Crippen LogP contribution < -0.4 is 4.74 Å². The van der Waals surface area contributed by atoms with Gasteiger partial charge in [-0.05, 0) is 30.2 Å². The fourth-order valence-electron chi connectivity index (χ4n) is 2.57. The highest BCUT2D eigenvalue weighted by Gasteiger charge is 2.12. The number of hydrogen-bond acceptors (Lipinski definition) is 1. The summed E-state index contributed by atoms with van der Waals surface area (Å²) in [6, 6.07) is 8.12. The maximum atomic E-state index is 13.8. The number of unbranched alkanes of at least 4 members (excludes halogenated alkanes) is 5. The predicted molar refractivity (Wildman–Crippen MR) is 90.6 cm³/mol. The van der Waals surface area contributed by atoms with Crippen LogP contribution in [0.4, 0.5) is 13.2 Å². The van der Waals surface area contributed by atoms with E-state index in [1.54, 1.807) is 24.3 Å². The van der Waals surface area contributed by atoms with Gasteiger partial charge >= 0.3 is 0 Å². The zero-order chi connectivity index (χ0) is 17.4. The van der Waals surface area contributed by atoms with E-state index in [-0.39, 0.29) is 5.56 Å². The van der Waals surface area contributed by atoms with E-state index in [2.05, 4.69) is 6.92 Å². The van der Waals surface area contributed by atoms with Gasteiger partial charge in [0.15, 0.2) is 11.6 Å². The smallest absolute Gasteiger partial charge is 0.166 e. The first-order valence-electron chi connectivity index (χ1n) is 8.49. The van der Waals surface area contributed by atoms with Crippen molar-refractivity contribution in [3.8, 4) is 16.9 Å². The minimum atomic E-state index is -1.19. The second kappa shape index (κ2) is 9.36. The van der Waals surface area contributed by atoms with Crippen LogP contribution in [0.2, 0.25) is 0 Å². The van der Waals surface area contributed by atoms with Gasteiger partial charge in [-0.2, -0.15) is 0 Å². The zero-order valence-electron chi connectivity index (χ0n) is 14.0. The van der Waals surface area contributed by atoms with Crippen LogP contribution in [0.5, 0.6) is 5.75 Å². The van der Waals surface area contributed by atoms with E-state index >= 15 is 0 Å². The Kier molecular flexibility index (Phi) is 7.16. The molecule has 0 atom stereocenters. The molecule has 0 unspecified atom stereocenters. The third-order valence-corrected chi connectivity index (χ3v) is 3.92. The van der Waals surface area contributed by atoms with Crippen LogP contribution in [0.1, 0.15) is 45.4 Å². The molecule has 4 heteroatoms. The van der Waals surface area contributed by atoms with Crippen molar-refractivity contribution in [2.45, 2.75) is 45.4 Å². The Hall–Kier alpha value is -1.97. The van der Waals surface area contributed by atoms with E-state index in [1.165, 1.54) is 25.7 Å². The van der Waals surface area contributed by atoms with Gasteiger partial charge in [-0.15, -0.1) is 0 Å². The highest BCUT2D eigenvalue weighted by Crippen LogP contribution is 2.27. The van der Waals surface area contributed by atoms with Gasteiger partial charge in [0.2, 0.25) is 0 Å². The standard InChI is InChI=1S/C20H23F3O/c1-2-3-4-5-6-7-12-24-17-10-8-15(9-11-17)18-13-16(21)14-19(22)20(18)23/h8-11,13-14H,2-7,12H2,1H3. The van der Waals surface area contributed by atoms with Crippen LogP contribution in [-0.4, -0.2) is 6.61 Å². The third kappa shape index (κ3) is 5.29. The van der Waals surface area contributed by atoms with Gasteiger partial charge in [0.1, 0.15) is 11.6 Å². The van der Waals surface area contributed by atoms with Gasteiger partial charge in [0.05, 0.1) is 6.61 Å². The first kappa shape index (κ1) is 18.4. The number of halogens is 3. The normalized spacial score (nSPS) is 10.8. The lowest BCUT2D eigenvalue weighted by molar-refractivity contribution is 0.304. The second-order valence-electron chi connectivity index (χ2n) is 5.89. The topological polar surface area (TPSA) is 9.23 Å². The van der Waals surface area contributed by atoms with Gasteiger partial charge in [-0.25, -0.2) is 13.2 Å². The Bertz CT molecular complexity index is 638. The molecule has 24 heavy (non-hydrogen) atoms. The van der Waals surface area contributed by atoms with E-state index in [1.807, 2.05) is 0 Å². The van der Waals surface area contributed by atoms with E-state index in [0.29, 0.717) is 24.0 Å². The van der Waals surface area contributed by atoms with Gasteiger partial charge in [0, 0.05) is 11.6 Å². The minimum absolute atomic E-state index is 0.0880. The number of rotatable bonds is 9. The molecule has 2 aromatic carbocycles. The van der Waals surface area contributed by atoms with Gasteiger partial charge < -0.3 is 4.74 Å².